The topological polar surface area (TPSA) is 231 Å². The molecule has 0 aliphatic carbocycles. The van der Waals surface area contributed by atoms with E-state index in [4.69, 9.17) is 32.3 Å². The average Bonchev–Trinajstić information content (AvgIpc) is 0.900. The minimum Gasteiger partial charge on any atom is -0.463 e. The Balaban J connectivity index is 4.47. The van der Waals surface area contributed by atoms with E-state index in [1.807, 2.05) is 0 Å². The second kappa shape index (κ2) is 82.9. The summed E-state index contributed by atoms with van der Waals surface area (Å²) in [5.41, 5.74) is 0. The fourth-order valence-corrected chi connectivity index (χ4v) is 13.1. The van der Waals surface area contributed by atoms with Crippen LogP contribution in [0.5, 0.6) is 0 Å². The third-order valence-corrected chi connectivity index (χ3v) is 19.9. The first-order chi connectivity index (χ1) is 53.2. The molecule has 626 valence electrons. The van der Waals surface area contributed by atoms with Crippen molar-refractivity contribution in [3.05, 3.63) is 146 Å². The number of hydrogen-bond donors (Lipinski definition) is 4. The Morgan fingerprint density at radius 2 is 0.486 bits per heavy atom. The van der Waals surface area contributed by atoms with Crippen LogP contribution in [0.2, 0.25) is 0 Å². The Morgan fingerprint density at radius 3 is 0.771 bits per heavy atom. The first-order valence-electron chi connectivity index (χ1n) is 43.1. The molecule has 0 spiro atoms. The number of unbranched alkanes of at least 4 members (excludes halogenated alkanes) is 34. The molecular weight excluding hydrogens is 1410 g/mol. The summed E-state index contributed by atoms with van der Waals surface area (Å²) in [6, 6.07) is 0. The van der Waals surface area contributed by atoms with E-state index in [-0.39, 0.29) is 19.3 Å². The SMILES string of the molecule is CC/C=C\C/C=C\C/C=C\C/C=C\C/C=C\CCCCCCCCCCCCCCCCCCCCCC(=O)OCC(O)COP(=O)(O)OCC(O)COP(=O)(O)OCC(COC(=O)CCCCCCCC/C=C\C/C=C\C/C=C\C/C=C\CC)OC(=O)CCCCCCCC/C=C\C/C=C\C/C=C\CCCCC. The third-order valence-electron chi connectivity index (χ3n) is 18.0. The number of aliphatic hydroxyl groups excluding tert-OH is 2. The van der Waals surface area contributed by atoms with Gasteiger partial charge in [-0.15, -0.1) is 0 Å². The van der Waals surface area contributed by atoms with Crippen LogP contribution in [0.3, 0.4) is 0 Å². The molecule has 0 aromatic heterocycles. The lowest BCUT2D eigenvalue weighted by molar-refractivity contribution is -0.161. The minimum atomic E-state index is -4.94. The summed E-state index contributed by atoms with van der Waals surface area (Å²) in [7, 11) is -9.81. The summed E-state index contributed by atoms with van der Waals surface area (Å²) >= 11 is 0. The molecule has 0 aromatic carbocycles. The van der Waals surface area contributed by atoms with Crippen LogP contribution in [-0.2, 0) is 55.8 Å². The highest BCUT2D eigenvalue weighted by atomic mass is 31.2. The number of carbonyl (C=O) groups is 3. The minimum absolute atomic E-state index is 0.0840. The smallest absolute Gasteiger partial charge is 0.463 e. The molecular formula is C91H156O16P2. The highest BCUT2D eigenvalue weighted by Gasteiger charge is 2.29. The van der Waals surface area contributed by atoms with E-state index in [1.54, 1.807) is 0 Å². The van der Waals surface area contributed by atoms with Gasteiger partial charge in [-0.25, -0.2) is 9.13 Å². The first-order valence-corrected chi connectivity index (χ1v) is 46.1. The maximum Gasteiger partial charge on any atom is 0.472 e. The number of carbonyl (C=O) groups excluding carboxylic acids is 3. The lowest BCUT2D eigenvalue weighted by Crippen LogP contribution is -2.30. The summed E-state index contributed by atoms with van der Waals surface area (Å²) in [6.45, 7) is 2.43. The number of hydrogen-bond acceptors (Lipinski definition) is 14. The molecule has 5 atom stereocenters. The van der Waals surface area contributed by atoms with E-state index in [9.17, 15) is 43.5 Å². The van der Waals surface area contributed by atoms with E-state index >= 15 is 0 Å². The molecule has 0 amide bonds. The summed E-state index contributed by atoms with van der Waals surface area (Å²) < 4.78 is 61.3. The van der Waals surface area contributed by atoms with Crippen molar-refractivity contribution in [1.82, 2.24) is 0 Å². The van der Waals surface area contributed by atoms with Gasteiger partial charge in [0, 0.05) is 19.3 Å². The zero-order chi connectivity index (χ0) is 79.4. The molecule has 0 aromatic rings. The summed E-state index contributed by atoms with van der Waals surface area (Å²) in [5.74, 6) is -1.60. The normalized spacial score (nSPS) is 14.6. The molecule has 0 heterocycles. The summed E-state index contributed by atoms with van der Waals surface area (Å²) in [6.07, 6.45) is 103. The number of aliphatic hydroxyl groups is 2. The zero-order valence-electron chi connectivity index (χ0n) is 68.7. The molecule has 0 saturated carbocycles. The number of rotatable bonds is 81. The van der Waals surface area contributed by atoms with Gasteiger partial charge in [0.1, 0.15) is 25.4 Å². The number of ether oxygens (including phenoxy) is 3. The van der Waals surface area contributed by atoms with Crippen LogP contribution < -0.4 is 0 Å². The van der Waals surface area contributed by atoms with Gasteiger partial charge in [0.05, 0.1) is 26.4 Å². The lowest BCUT2D eigenvalue weighted by atomic mass is 10.0. The van der Waals surface area contributed by atoms with Crippen molar-refractivity contribution in [2.75, 3.05) is 39.6 Å². The van der Waals surface area contributed by atoms with Gasteiger partial charge in [0.25, 0.3) is 0 Å². The van der Waals surface area contributed by atoms with Gasteiger partial charge in [-0.3, -0.25) is 32.5 Å². The van der Waals surface area contributed by atoms with E-state index in [2.05, 4.69) is 167 Å². The molecule has 4 N–H and O–H groups in total. The van der Waals surface area contributed by atoms with Crippen molar-refractivity contribution in [1.29, 1.82) is 0 Å². The Bertz CT molecular complexity index is 2560. The van der Waals surface area contributed by atoms with Crippen LogP contribution in [0.25, 0.3) is 0 Å². The lowest BCUT2D eigenvalue weighted by Gasteiger charge is -2.21. The number of allylic oxidation sites excluding steroid dienone is 24. The van der Waals surface area contributed by atoms with Crippen molar-refractivity contribution in [3.63, 3.8) is 0 Å². The average molecular weight is 1570 g/mol. The predicted molar refractivity (Wildman–Crippen MR) is 454 cm³/mol. The van der Waals surface area contributed by atoms with Crippen molar-refractivity contribution in [3.8, 4) is 0 Å². The van der Waals surface area contributed by atoms with Gasteiger partial charge in [0.2, 0.25) is 0 Å². The van der Waals surface area contributed by atoms with Crippen molar-refractivity contribution < 1.29 is 75.8 Å². The van der Waals surface area contributed by atoms with E-state index in [0.717, 1.165) is 173 Å². The highest BCUT2D eigenvalue weighted by Crippen LogP contribution is 2.45. The number of phosphoric acid groups is 2. The van der Waals surface area contributed by atoms with E-state index in [1.165, 1.54) is 122 Å². The molecule has 0 aliphatic rings. The maximum atomic E-state index is 13.0. The van der Waals surface area contributed by atoms with Crippen LogP contribution >= 0.6 is 15.6 Å². The van der Waals surface area contributed by atoms with E-state index in [0.29, 0.717) is 19.3 Å². The number of esters is 3. The molecule has 0 radical (unpaired) electrons. The largest absolute Gasteiger partial charge is 0.472 e. The maximum absolute atomic E-state index is 13.0. The quantitative estimate of drug-likeness (QED) is 0.0146. The molecule has 16 nitrogen and oxygen atoms in total. The second-order valence-corrected chi connectivity index (χ2v) is 31.5. The zero-order valence-corrected chi connectivity index (χ0v) is 70.5. The van der Waals surface area contributed by atoms with Crippen LogP contribution in [-0.4, -0.2) is 95.9 Å². The monoisotopic (exact) mass is 1570 g/mol. The Morgan fingerprint density at radius 1 is 0.266 bits per heavy atom. The van der Waals surface area contributed by atoms with Crippen LogP contribution in [0.1, 0.15) is 355 Å². The van der Waals surface area contributed by atoms with Crippen molar-refractivity contribution in [2.24, 2.45) is 0 Å². The van der Waals surface area contributed by atoms with Gasteiger partial charge in [-0.1, -0.05) is 340 Å². The van der Waals surface area contributed by atoms with Crippen LogP contribution in [0, 0.1) is 0 Å². The molecule has 109 heavy (non-hydrogen) atoms. The van der Waals surface area contributed by atoms with Crippen molar-refractivity contribution in [2.45, 2.75) is 373 Å². The molecule has 5 unspecified atom stereocenters. The molecule has 0 rings (SSSR count). The fourth-order valence-electron chi connectivity index (χ4n) is 11.5. The van der Waals surface area contributed by atoms with Gasteiger partial charge in [0.15, 0.2) is 6.10 Å². The van der Waals surface area contributed by atoms with Gasteiger partial charge in [-0.2, -0.15) is 0 Å². The predicted octanol–water partition coefficient (Wildman–Crippen LogP) is 26.0. The Labute approximate surface area is 664 Å². The van der Waals surface area contributed by atoms with E-state index < -0.39 is 91.5 Å². The fraction of sp³-hybridized carbons (Fsp3) is 0.703. The van der Waals surface area contributed by atoms with Gasteiger partial charge < -0.3 is 34.2 Å². The molecule has 0 aliphatic heterocycles. The molecule has 18 heteroatoms. The molecule has 0 bridgehead atoms. The van der Waals surface area contributed by atoms with Gasteiger partial charge in [-0.05, 0) is 141 Å². The van der Waals surface area contributed by atoms with Crippen molar-refractivity contribution >= 4 is 33.6 Å². The Hall–Kier alpha value is -4.57. The van der Waals surface area contributed by atoms with Crippen LogP contribution in [0.4, 0.5) is 0 Å². The number of phosphoric ester groups is 2. The highest BCUT2D eigenvalue weighted by molar-refractivity contribution is 7.47. The second-order valence-electron chi connectivity index (χ2n) is 28.6. The molecule has 0 fully saturated rings. The van der Waals surface area contributed by atoms with Gasteiger partial charge >= 0.3 is 33.6 Å². The molecule has 0 saturated heterocycles. The Kier molecular flexibility index (Phi) is 79.4. The first kappa shape index (κ1) is 104. The van der Waals surface area contributed by atoms with Crippen LogP contribution in [0.15, 0.2) is 146 Å². The standard InChI is InChI=1S/C91H156O16P2/c1-4-7-10-13-16-19-22-25-28-31-34-35-36-37-38-39-40-41-42-43-44-45-46-47-48-49-52-54-56-59-62-65-68-71-74-77-89(94)101-80-86(92)81-103-108(97,98)104-82-87(93)83-105-109(99,100)106-85-88(107-91(96)79-76-73-70-67-64-61-58-55-51-33-30-27-24-21-18-15-12-9-6-3)84-102-90(95)78-75-72-69-66-63-60-57-53-50-32-29-26-23-20-17-14-11-8-5-2/h7-8,10-11,16-21,25-30,34-35,37-38,50-51,53,55,86-88,92-93H,4-6,9,12-15,22-24,31-33,36,39-49,52,54,56-85H2,1-3H3,(H,97,98)(H,99,100)/b10-7-,11-8-,19-16-,20-17-,21-18-,28-25-,29-26-,30-27-,35-34-,38-37-,53-50-,55-51-. The summed E-state index contributed by atoms with van der Waals surface area (Å²) in [5, 5.41) is 20.7. The summed E-state index contributed by atoms with van der Waals surface area (Å²) in [4.78, 5) is 58.8. The third kappa shape index (κ3) is 84.2.